The van der Waals surface area contributed by atoms with Crippen molar-refractivity contribution in [3.05, 3.63) is 118 Å². The van der Waals surface area contributed by atoms with E-state index in [0.29, 0.717) is 11.8 Å². The summed E-state index contributed by atoms with van der Waals surface area (Å²) in [6.45, 7) is 10.7. The van der Waals surface area contributed by atoms with Gasteiger partial charge in [0.25, 0.3) is 0 Å². The highest BCUT2D eigenvalue weighted by Crippen LogP contribution is 2.34. The summed E-state index contributed by atoms with van der Waals surface area (Å²) in [6.07, 6.45) is -4.63. The molecule has 4 aromatic rings. The van der Waals surface area contributed by atoms with E-state index in [1.807, 2.05) is 12.1 Å². The lowest BCUT2D eigenvalue weighted by molar-refractivity contribution is -0.137. The Kier molecular flexibility index (Phi) is 13.1. The molecule has 4 rings (SSSR count). The van der Waals surface area contributed by atoms with Crippen molar-refractivity contribution >= 4 is 66.1 Å². The van der Waals surface area contributed by atoms with Crippen molar-refractivity contribution in [2.45, 2.75) is 79.3 Å². The van der Waals surface area contributed by atoms with Crippen molar-refractivity contribution in [1.29, 1.82) is 0 Å². The van der Waals surface area contributed by atoms with Gasteiger partial charge >= 0.3 is 6.18 Å². The highest BCUT2D eigenvalue weighted by atomic mass is 35.5. The number of nitrogens with one attached hydrogen (secondary N) is 2. The predicted octanol–water partition coefficient (Wildman–Crippen LogP) is 9.66. The SMILES string of the molecule is CC(C)(C(=O)Nc1cccc(C(F)(F)F)c1)S(=O)(=O)c1ccc(Cl)cc1F.CC(C)(C)c1ccc(NC(=O)C(C)(C)S(=O)(=O)c2ccc(Cl)cc2F)cc1. The van der Waals surface area contributed by atoms with E-state index in [0.717, 1.165) is 61.9 Å². The largest absolute Gasteiger partial charge is 0.416 e. The second-order valence-corrected chi connectivity index (χ2v) is 19.8. The van der Waals surface area contributed by atoms with Gasteiger partial charge in [0.15, 0.2) is 19.7 Å². The van der Waals surface area contributed by atoms with Crippen molar-refractivity contribution in [1.82, 2.24) is 0 Å². The van der Waals surface area contributed by atoms with E-state index in [2.05, 4.69) is 31.4 Å². The molecule has 0 bridgehead atoms. The third-order valence-corrected chi connectivity index (χ3v) is 13.6. The summed E-state index contributed by atoms with van der Waals surface area (Å²) in [7, 11) is -8.79. The fourth-order valence-corrected chi connectivity index (χ4v) is 7.70. The molecule has 0 saturated heterocycles. The number of amides is 2. The van der Waals surface area contributed by atoms with Gasteiger partial charge in [-0.15, -0.1) is 0 Å². The standard InChI is InChI=1S/C20H23ClFNO3S.C17H14ClF4NO3S/c1-19(2,3)13-6-9-15(10-7-13)23-18(24)20(4,5)27(25,26)17-11-8-14(21)12-16(17)22;1-16(2,27(25,26)14-7-6-11(18)9-13(14)19)15(24)23-12-5-3-4-10(8-12)17(20,21)22/h6-12H,1-5H3,(H,23,24);3-9H,1-2H3,(H,23,24). The molecule has 0 radical (unpaired) electrons. The molecule has 54 heavy (non-hydrogen) atoms. The summed E-state index contributed by atoms with van der Waals surface area (Å²) in [5.41, 5.74) is 0.250. The molecular weight excluding hydrogens is 798 g/mol. The van der Waals surface area contributed by atoms with E-state index in [9.17, 15) is 48.4 Å². The lowest BCUT2D eigenvalue weighted by Gasteiger charge is -2.24. The molecule has 0 aliphatic carbocycles. The van der Waals surface area contributed by atoms with Gasteiger partial charge in [0.1, 0.15) is 30.9 Å². The number of hydrogen-bond donors (Lipinski definition) is 2. The average Bonchev–Trinajstić information content (AvgIpc) is 3.04. The molecule has 0 saturated carbocycles. The zero-order valence-electron chi connectivity index (χ0n) is 30.0. The molecule has 292 valence electrons. The highest BCUT2D eigenvalue weighted by Gasteiger charge is 2.45. The number of benzene rings is 4. The second kappa shape index (κ2) is 16.0. The summed E-state index contributed by atoms with van der Waals surface area (Å²) < 4.78 is 114. The van der Waals surface area contributed by atoms with Crippen LogP contribution in [0.2, 0.25) is 10.0 Å². The minimum Gasteiger partial charge on any atom is -0.325 e. The Bertz CT molecular complexity index is 2270. The minimum absolute atomic E-state index is 0.0299. The van der Waals surface area contributed by atoms with E-state index < -0.39 is 74.1 Å². The molecule has 4 aromatic carbocycles. The van der Waals surface area contributed by atoms with Crippen LogP contribution >= 0.6 is 23.2 Å². The third-order valence-electron chi connectivity index (χ3n) is 8.26. The number of alkyl halides is 3. The molecule has 0 aromatic heterocycles. The van der Waals surface area contributed by atoms with Gasteiger partial charge in [-0.25, -0.2) is 25.6 Å². The molecule has 0 aliphatic heterocycles. The van der Waals surface area contributed by atoms with Crippen LogP contribution in [0.1, 0.15) is 59.6 Å². The van der Waals surface area contributed by atoms with Gasteiger partial charge in [-0.1, -0.05) is 62.2 Å². The minimum atomic E-state index is -4.63. The third kappa shape index (κ3) is 9.78. The van der Waals surface area contributed by atoms with Crippen LogP contribution in [0, 0.1) is 11.6 Å². The Morgan fingerprint density at radius 2 is 0.963 bits per heavy atom. The van der Waals surface area contributed by atoms with Crippen molar-refractivity contribution in [3.8, 4) is 0 Å². The van der Waals surface area contributed by atoms with E-state index >= 15 is 0 Å². The van der Waals surface area contributed by atoms with E-state index in [4.69, 9.17) is 23.2 Å². The maximum atomic E-state index is 14.1. The number of rotatable bonds is 8. The Hall–Kier alpha value is -4.05. The van der Waals surface area contributed by atoms with Gasteiger partial charge in [-0.3, -0.25) is 9.59 Å². The fourth-order valence-electron chi connectivity index (χ4n) is 4.57. The lowest BCUT2D eigenvalue weighted by Crippen LogP contribution is -2.44. The van der Waals surface area contributed by atoms with Crippen LogP contribution in [0.15, 0.2) is 94.7 Å². The molecule has 0 heterocycles. The van der Waals surface area contributed by atoms with Crippen LogP contribution < -0.4 is 10.6 Å². The van der Waals surface area contributed by atoms with E-state index in [1.54, 1.807) is 12.1 Å². The van der Waals surface area contributed by atoms with Crippen molar-refractivity contribution < 1.29 is 48.4 Å². The summed E-state index contributed by atoms with van der Waals surface area (Å²) in [5.74, 6) is -3.99. The molecule has 0 spiro atoms. The lowest BCUT2D eigenvalue weighted by atomic mass is 9.87. The summed E-state index contributed by atoms with van der Waals surface area (Å²) in [5, 5.41) is 4.78. The number of carbonyl (C=O) groups is 2. The molecule has 8 nitrogen and oxygen atoms in total. The first-order chi connectivity index (χ1) is 24.5. The van der Waals surface area contributed by atoms with Crippen LogP contribution in [0.5, 0.6) is 0 Å². The zero-order chi connectivity index (χ0) is 41.2. The predicted molar refractivity (Wildman–Crippen MR) is 199 cm³/mol. The Morgan fingerprint density at radius 1 is 0.556 bits per heavy atom. The summed E-state index contributed by atoms with van der Waals surface area (Å²) >= 11 is 11.3. The van der Waals surface area contributed by atoms with Crippen molar-refractivity contribution in [2.24, 2.45) is 0 Å². The molecule has 2 N–H and O–H groups in total. The maximum Gasteiger partial charge on any atom is 0.416 e. The van der Waals surface area contributed by atoms with Gasteiger partial charge in [0.05, 0.1) is 5.56 Å². The number of hydrogen-bond acceptors (Lipinski definition) is 6. The Labute approximate surface area is 320 Å². The second-order valence-electron chi connectivity index (χ2n) is 14.0. The first-order valence-corrected chi connectivity index (χ1v) is 19.6. The van der Waals surface area contributed by atoms with Gasteiger partial charge in [0.2, 0.25) is 11.8 Å². The first kappa shape index (κ1) is 44.3. The fraction of sp³-hybridized carbons (Fsp3) is 0.297. The topological polar surface area (TPSA) is 126 Å². The molecule has 17 heteroatoms. The molecular formula is C37H37Cl2F5N2O6S2. The number of sulfone groups is 2. The van der Waals surface area contributed by atoms with Crippen LogP contribution in [0.4, 0.5) is 33.3 Å². The zero-order valence-corrected chi connectivity index (χ0v) is 33.1. The van der Waals surface area contributed by atoms with Crippen LogP contribution in [-0.4, -0.2) is 38.1 Å². The van der Waals surface area contributed by atoms with Crippen LogP contribution in [-0.2, 0) is 40.9 Å². The highest BCUT2D eigenvalue weighted by molar-refractivity contribution is 7.94. The van der Waals surface area contributed by atoms with Crippen LogP contribution in [0.3, 0.4) is 0 Å². The van der Waals surface area contributed by atoms with Gasteiger partial charge < -0.3 is 10.6 Å². The summed E-state index contributed by atoms with van der Waals surface area (Å²) in [4.78, 5) is 23.8. The Balaban J connectivity index is 0.000000290. The monoisotopic (exact) mass is 834 g/mol. The smallest absolute Gasteiger partial charge is 0.325 e. The van der Waals surface area contributed by atoms with Gasteiger partial charge in [0, 0.05) is 21.4 Å². The molecule has 0 fully saturated rings. The molecule has 0 unspecified atom stereocenters. The van der Waals surface area contributed by atoms with E-state index in [1.165, 1.54) is 26.0 Å². The summed E-state index contributed by atoms with van der Waals surface area (Å²) in [6, 6.07) is 17.0. The van der Waals surface area contributed by atoms with Gasteiger partial charge in [-0.2, -0.15) is 13.2 Å². The van der Waals surface area contributed by atoms with Crippen molar-refractivity contribution in [2.75, 3.05) is 10.6 Å². The quantitative estimate of drug-likeness (QED) is 0.170. The van der Waals surface area contributed by atoms with Crippen molar-refractivity contribution in [3.63, 3.8) is 0 Å². The first-order valence-electron chi connectivity index (χ1n) is 15.8. The molecule has 2 amide bonds. The van der Waals surface area contributed by atoms with Gasteiger partial charge in [-0.05, 0) is 105 Å². The normalized spacial score (nSPS) is 12.7. The maximum absolute atomic E-state index is 14.1. The number of anilines is 2. The van der Waals surface area contributed by atoms with E-state index in [-0.39, 0.29) is 21.1 Å². The number of carbonyl (C=O) groups excluding carboxylic acids is 2. The molecule has 0 atom stereocenters. The number of halogens is 7. The average molecular weight is 836 g/mol. The van der Waals surface area contributed by atoms with Crippen LogP contribution in [0.25, 0.3) is 0 Å². The Morgan fingerprint density at radius 3 is 1.33 bits per heavy atom. The molecule has 0 aliphatic rings.